The molecule has 0 aliphatic carbocycles. The number of hydrogen-bond acceptors (Lipinski definition) is 10. The van der Waals surface area contributed by atoms with Crippen LogP contribution in [0.15, 0.2) is 0 Å². The van der Waals surface area contributed by atoms with Crippen LogP contribution in [0.3, 0.4) is 0 Å². The van der Waals surface area contributed by atoms with Gasteiger partial charge in [-0.2, -0.15) is 0 Å². The number of hydrogen-bond donors (Lipinski definition) is 0. The maximum atomic E-state index is 5.44. The molecular formula is C23H45NO9. The maximum Gasteiger partial charge on any atom is 0.107 e. The van der Waals surface area contributed by atoms with E-state index in [1.807, 2.05) is 14.1 Å². The fraction of sp³-hybridized carbons (Fsp3) is 0.913. The highest BCUT2D eigenvalue weighted by Gasteiger charge is 1.95. The summed E-state index contributed by atoms with van der Waals surface area (Å²) in [7, 11) is 4.04. The van der Waals surface area contributed by atoms with Crippen LogP contribution in [0, 0.1) is 12.3 Å². The molecule has 10 heteroatoms. The van der Waals surface area contributed by atoms with E-state index >= 15 is 0 Å². The highest BCUT2D eigenvalue weighted by molar-refractivity contribution is 4.82. The molecule has 0 heterocycles. The van der Waals surface area contributed by atoms with Gasteiger partial charge in [-0.15, -0.1) is 6.42 Å². The molecular weight excluding hydrogens is 434 g/mol. The van der Waals surface area contributed by atoms with Crippen molar-refractivity contribution < 1.29 is 42.6 Å². The monoisotopic (exact) mass is 479 g/mol. The van der Waals surface area contributed by atoms with Crippen LogP contribution in [0.5, 0.6) is 0 Å². The summed E-state index contributed by atoms with van der Waals surface area (Å²) in [5, 5.41) is 0. The summed E-state index contributed by atoms with van der Waals surface area (Å²) in [4.78, 5) is 2.08. The molecule has 0 fully saturated rings. The molecule has 0 aromatic rings. The Labute approximate surface area is 200 Å². The SMILES string of the molecule is C#CCOCCOCCOCCOCCOCCOCCOCCOCCOCCN(C)C. The predicted molar refractivity (Wildman–Crippen MR) is 125 cm³/mol. The van der Waals surface area contributed by atoms with Crippen LogP contribution in [-0.4, -0.2) is 144 Å². The molecule has 0 unspecified atom stereocenters. The number of likely N-dealkylation sites (N-methyl/N-ethyl adjacent to an activating group) is 1. The summed E-state index contributed by atoms with van der Waals surface area (Å²) in [5.74, 6) is 2.40. The van der Waals surface area contributed by atoms with Gasteiger partial charge in [0.25, 0.3) is 0 Å². The van der Waals surface area contributed by atoms with Gasteiger partial charge in [0.15, 0.2) is 0 Å². The Morgan fingerprint density at radius 3 is 0.909 bits per heavy atom. The van der Waals surface area contributed by atoms with Crippen molar-refractivity contribution in [2.75, 3.05) is 140 Å². The molecule has 0 aromatic heterocycles. The number of ether oxygens (including phenoxy) is 9. The van der Waals surface area contributed by atoms with Gasteiger partial charge in [0.1, 0.15) is 6.61 Å². The first-order valence-electron chi connectivity index (χ1n) is 11.5. The van der Waals surface area contributed by atoms with E-state index in [-0.39, 0.29) is 0 Å². The second kappa shape index (κ2) is 29.2. The van der Waals surface area contributed by atoms with Crippen LogP contribution in [0.25, 0.3) is 0 Å². The van der Waals surface area contributed by atoms with E-state index in [2.05, 4.69) is 10.8 Å². The van der Waals surface area contributed by atoms with E-state index in [1.165, 1.54) is 0 Å². The third kappa shape index (κ3) is 31.2. The fourth-order valence-electron chi connectivity index (χ4n) is 2.14. The normalized spacial score (nSPS) is 11.3. The van der Waals surface area contributed by atoms with Crippen molar-refractivity contribution in [1.29, 1.82) is 0 Å². The third-order valence-corrected chi connectivity index (χ3v) is 3.84. The third-order valence-electron chi connectivity index (χ3n) is 3.84. The molecule has 0 aromatic carbocycles. The molecule has 0 saturated heterocycles. The Morgan fingerprint density at radius 2 is 0.667 bits per heavy atom. The molecule has 0 N–H and O–H groups in total. The van der Waals surface area contributed by atoms with Crippen LogP contribution in [0.2, 0.25) is 0 Å². The van der Waals surface area contributed by atoms with E-state index in [4.69, 9.17) is 49.1 Å². The van der Waals surface area contributed by atoms with Crippen LogP contribution in [0.1, 0.15) is 0 Å². The van der Waals surface area contributed by atoms with Gasteiger partial charge >= 0.3 is 0 Å². The molecule has 0 bridgehead atoms. The quantitative estimate of drug-likeness (QED) is 0.116. The summed E-state index contributed by atoms with van der Waals surface area (Å²) in [6.45, 7) is 10.5. The van der Waals surface area contributed by atoms with E-state index in [1.54, 1.807) is 0 Å². The van der Waals surface area contributed by atoms with Crippen molar-refractivity contribution in [2.24, 2.45) is 0 Å². The molecule has 0 aliphatic heterocycles. The summed E-state index contributed by atoms with van der Waals surface area (Å²) in [6.07, 6.45) is 5.07. The van der Waals surface area contributed by atoms with Gasteiger partial charge in [-0.1, -0.05) is 5.92 Å². The van der Waals surface area contributed by atoms with Crippen molar-refractivity contribution in [3.05, 3.63) is 0 Å². The summed E-state index contributed by atoms with van der Waals surface area (Å²) in [6, 6.07) is 0. The van der Waals surface area contributed by atoms with E-state index in [9.17, 15) is 0 Å². The average Bonchev–Trinajstić information content (AvgIpc) is 2.80. The van der Waals surface area contributed by atoms with Crippen LogP contribution < -0.4 is 0 Å². The lowest BCUT2D eigenvalue weighted by molar-refractivity contribution is -0.0247. The highest BCUT2D eigenvalue weighted by Crippen LogP contribution is 1.86. The lowest BCUT2D eigenvalue weighted by Gasteiger charge is -2.10. The van der Waals surface area contributed by atoms with Gasteiger partial charge in [-0.05, 0) is 14.1 Å². The van der Waals surface area contributed by atoms with Crippen molar-refractivity contribution in [1.82, 2.24) is 4.90 Å². The molecule has 33 heavy (non-hydrogen) atoms. The minimum absolute atomic E-state index is 0.314. The van der Waals surface area contributed by atoms with Crippen LogP contribution in [-0.2, 0) is 42.6 Å². The van der Waals surface area contributed by atoms with Crippen molar-refractivity contribution in [3.8, 4) is 12.3 Å². The van der Waals surface area contributed by atoms with E-state index < -0.39 is 0 Å². The lowest BCUT2D eigenvalue weighted by atomic mass is 10.6. The van der Waals surface area contributed by atoms with Gasteiger partial charge in [0, 0.05) is 6.54 Å². The Balaban J connectivity index is 3.01. The number of rotatable bonds is 28. The van der Waals surface area contributed by atoms with Gasteiger partial charge < -0.3 is 47.5 Å². The number of nitrogens with zero attached hydrogens (tertiary/aromatic N) is 1. The van der Waals surface area contributed by atoms with Gasteiger partial charge in [0.2, 0.25) is 0 Å². The molecule has 0 aliphatic rings. The molecule has 0 rings (SSSR count). The molecule has 0 atom stereocenters. The van der Waals surface area contributed by atoms with Crippen molar-refractivity contribution in [3.63, 3.8) is 0 Å². The molecule has 196 valence electrons. The topological polar surface area (TPSA) is 86.3 Å². The Hall–Kier alpha value is -0.840. The van der Waals surface area contributed by atoms with E-state index in [0.29, 0.717) is 112 Å². The zero-order valence-electron chi connectivity index (χ0n) is 20.6. The summed E-state index contributed by atoms with van der Waals surface area (Å²) < 4.78 is 48.4. The van der Waals surface area contributed by atoms with Gasteiger partial charge in [-0.3, -0.25) is 0 Å². The second-order valence-electron chi connectivity index (χ2n) is 6.96. The van der Waals surface area contributed by atoms with E-state index in [0.717, 1.165) is 13.2 Å². The summed E-state index contributed by atoms with van der Waals surface area (Å²) >= 11 is 0. The van der Waals surface area contributed by atoms with Crippen LogP contribution in [0.4, 0.5) is 0 Å². The zero-order valence-corrected chi connectivity index (χ0v) is 20.6. The largest absolute Gasteiger partial charge is 0.378 e. The Morgan fingerprint density at radius 1 is 0.424 bits per heavy atom. The van der Waals surface area contributed by atoms with Gasteiger partial charge in [-0.25, -0.2) is 0 Å². The smallest absolute Gasteiger partial charge is 0.107 e. The van der Waals surface area contributed by atoms with Crippen LogP contribution >= 0.6 is 0 Å². The zero-order chi connectivity index (χ0) is 24.1. The molecule has 0 saturated carbocycles. The molecule has 0 amide bonds. The van der Waals surface area contributed by atoms with Gasteiger partial charge in [0.05, 0.1) is 112 Å². The average molecular weight is 480 g/mol. The minimum Gasteiger partial charge on any atom is -0.378 e. The first-order chi connectivity index (χ1) is 16.3. The van der Waals surface area contributed by atoms with Crippen molar-refractivity contribution >= 4 is 0 Å². The second-order valence-corrected chi connectivity index (χ2v) is 6.96. The first-order valence-corrected chi connectivity index (χ1v) is 11.5. The number of terminal acetylenes is 1. The highest BCUT2D eigenvalue weighted by atomic mass is 16.6. The first kappa shape index (κ1) is 32.2. The lowest BCUT2D eigenvalue weighted by Crippen LogP contribution is -2.19. The summed E-state index contributed by atoms with van der Waals surface area (Å²) in [5.41, 5.74) is 0. The van der Waals surface area contributed by atoms with Crippen molar-refractivity contribution in [2.45, 2.75) is 0 Å². The Kier molecular flexibility index (Phi) is 28.4. The minimum atomic E-state index is 0.314. The Bertz CT molecular complexity index is 408. The predicted octanol–water partition coefficient (Wildman–Crippen LogP) is 0.331. The molecule has 0 radical (unpaired) electrons. The standard InChI is InChI=1S/C23H45NO9/c1-4-6-25-8-10-27-12-14-29-16-18-31-20-22-33-23-21-32-19-17-30-15-13-28-11-9-26-7-5-24(2)3/h1H,5-23H2,2-3H3. The fourth-order valence-corrected chi connectivity index (χ4v) is 2.14. The molecule has 0 spiro atoms. The maximum absolute atomic E-state index is 5.44. The molecule has 10 nitrogen and oxygen atoms in total.